The summed E-state index contributed by atoms with van der Waals surface area (Å²) in [6.45, 7) is 7.86. The Bertz CT molecular complexity index is 134. The van der Waals surface area contributed by atoms with Crippen molar-refractivity contribution in [2.45, 2.75) is 27.2 Å². The molecule has 0 fully saturated rings. The Labute approximate surface area is 74.7 Å². The molecule has 0 heterocycles. The number of rotatable bonds is 6. The molecule has 0 saturated heterocycles. The molecule has 0 spiro atoms. The van der Waals surface area contributed by atoms with Gasteiger partial charge in [-0.05, 0) is 18.9 Å². The van der Waals surface area contributed by atoms with E-state index in [2.05, 4.69) is 19.2 Å². The molecule has 3 N–H and O–H groups in total. The average Bonchev–Trinajstić information content (AvgIpc) is 1.97. The molecule has 3 heteroatoms. The Morgan fingerprint density at radius 2 is 2.00 bits per heavy atom. The third-order valence-electron chi connectivity index (χ3n) is 1.83. The van der Waals surface area contributed by atoms with Crippen LogP contribution in [0.15, 0.2) is 0 Å². The average molecular weight is 172 g/mol. The highest BCUT2D eigenvalue weighted by Gasteiger charge is 2.06. The summed E-state index contributed by atoms with van der Waals surface area (Å²) in [5.41, 5.74) is 5.10. The van der Waals surface area contributed by atoms with E-state index in [9.17, 15) is 4.79 Å². The second-order valence-corrected chi connectivity index (χ2v) is 3.69. The molecule has 0 aromatic heterocycles. The number of nitrogens with one attached hydrogen (secondary N) is 1. The fraction of sp³-hybridized carbons (Fsp3) is 0.889. The lowest BCUT2D eigenvalue weighted by Crippen LogP contribution is -2.31. The molecular formula is C9H20N2O. The van der Waals surface area contributed by atoms with E-state index in [4.69, 9.17) is 5.73 Å². The molecule has 0 aromatic carbocycles. The lowest BCUT2D eigenvalue weighted by atomic mass is 10.1. The molecule has 0 aliphatic heterocycles. The molecule has 72 valence electrons. The van der Waals surface area contributed by atoms with Gasteiger partial charge in [-0.1, -0.05) is 20.8 Å². The van der Waals surface area contributed by atoms with E-state index in [1.54, 1.807) is 0 Å². The second kappa shape index (κ2) is 6.00. The van der Waals surface area contributed by atoms with Gasteiger partial charge in [-0.3, -0.25) is 4.79 Å². The lowest BCUT2D eigenvalue weighted by molar-refractivity contribution is -0.121. The van der Waals surface area contributed by atoms with Crippen LogP contribution in [0.25, 0.3) is 0 Å². The molecule has 0 rings (SSSR count). The molecule has 0 aromatic rings. The highest BCUT2D eigenvalue weighted by molar-refractivity contribution is 5.76. The number of carbonyl (C=O) groups is 1. The van der Waals surface area contributed by atoms with Crippen LogP contribution in [0.5, 0.6) is 0 Å². The second-order valence-electron chi connectivity index (χ2n) is 3.69. The Hall–Kier alpha value is -0.570. The predicted molar refractivity (Wildman–Crippen MR) is 50.7 cm³/mol. The Morgan fingerprint density at radius 1 is 1.42 bits per heavy atom. The van der Waals surface area contributed by atoms with Crippen LogP contribution < -0.4 is 11.1 Å². The SMILES string of the molecule is CC(C)CCNCC(C)C(N)=O. The maximum absolute atomic E-state index is 10.6. The normalized spacial score (nSPS) is 13.3. The minimum Gasteiger partial charge on any atom is -0.369 e. The first-order valence-corrected chi connectivity index (χ1v) is 4.54. The fourth-order valence-corrected chi connectivity index (χ4v) is 0.810. The van der Waals surface area contributed by atoms with E-state index in [-0.39, 0.29) is 11.8 Å². The molecule has 1 amide bonds. The maximum atomic E-state index is 10.6. The molecular weight excluding hydrogens is 152 g/mol. The number of primary amides is 1. The zero-order chi connectivity index (χ0) is 9.56. The summed E-state index contributed by atoms with van der Waals surface area (Å²) in [4.78, 5) is 10.6. The van der Waals surface area contributed by atoms with Crippen molar-refractivity contribution in [2.24, 2.45) is 17.6 Å². The van der Waals surface area contributed by atoms with Gasteiger partial charge in [0.1, 0.15) is 0 Å². The molecule has 0 saturated carbocycles. The van der Waals surface area contributed by atoms with Crippen molar-refractivity contribution in [3.63, 3.8) is 0 Å². The number of amides is 1. The van der Waals surface area contributed by atoms with E-state index in [0.29, 0.717) is 12.5 Å². The molecule has 0 radical (unpaired) electrons. The number of hydrogen-bond donors (Lipinski definition) is 2. The highest BCUT2D eigenvalue weighted by atomic mass is 16.1. The minimum atomic E-state index is -0.230. The minimum absolute atomic E-state index is 0.0582. The van der Waals surface area contributed by atoms with Gasteiger partial charge in [0.05, 0.1) is 0 Å². The van der Waals surface area contributed by atoms with Crippen molar-refractivity contribution in [3.05, 3.63) is 0 Å². The number of hydrogen-bond acceptors (Lipinski definition) is 2. The van der Waals surface area contributed by atoms with Crippen LogP contribution >= 0.6 is 0 Å². The lowest BCUT2D eigenvalue weighted by Gasteiger charge is -2.09. The van der Waals surface area contributed by atoms with Crippen LogP contribution in [0.3, 0.4) is 0 Å². The van der Waals surface area contributed by atoms with Gasteiger partial charge in [-0.15, -0.1) is 0 Å². The largest absolute Gasteiger partial charge is 0.369 e. The van der Waals surface area contributed by atoms with Crippen molar-refractivity contribution >= 4 is 5.91 Å². The van der Waals surface area contributed by atoms with Crippen LogP contribution in [0.2, 0.25) is 0 Å². The zero-order valence-electron chi connectivity index (χ0n) is 8.26. The van der Waals surface area contributed by atoms with Gasteiger partial charge < -0.3 is 11.1 Å². The van der Waals surface area contributed by atoms with Crippen LogP contribution in [0, 0.1) is 11.8 Å². The van der Waals surface area contributed by atoms with Crippen molar-refractivity contribution in [1.82, 2.24) is 5.32 Å². The topological polar surface area (TPSA) is 55.1 Å². The summed E-state index contributed by atoms with van der Waals surface area (Å²) in [6, 6.07) is 0. The summed E-state index contributed by atoms with van der Waals surface area (Å²) in [6.07, 6.45) is 1.14. The van der Waals surface area contributed by atoms with Crippen molar-refractivity contribution in [2.75, 3.05) is 13.1 Å². The van der Waals surface area contributed by atoms with E-state index >= 15 is 0 Å². The fourth-order valence-electron chi connectivity index (χ4n) is 0.810. The smallest absolute Gasteiger partial charge is 0.221 e. The first kappa shape index (κ1) is 11.4. The van der Waals surface area contributed by atoms with E-state index in [1.165, 1.54) is 0 Å². The van der Waals surface area contributed by atoms with E-state index in [1.807, 2.05) is 6.92 Å². The van der Waals surface area contributed by atoms with Gasteiger partial charge in [0.15, 0.2) is 0 Å². The van der Waals surface area contributed by atoms with Gasteiger partial charge >= 0.3 is 0 Å². The summed E-state index contributed by atoms with van der Waals surface area (Å²) in [5, 5.41) is 3.20. The molecule has 0 aliphatic carbocycles. The van der Waals surface area contributed by atoms with Crippen LogP contribution in [0.4, 0.5) is 0 Å². The van der Waals surface area contributed by atoms with Gasteiger partial charge in [0.2, 0.25) is 5.91 Å². The van der Waals surface area contributed by atoms with Gasteiger partial charge in [-0.25, -0.2) is 0 Å². The Morgan fingerprint density at radius 3 is 2.42 bits per heavy atom. The first-order chi connectivity index (χ1) is 5.54. The Kier molecular flexibility index (Phi) is 5.72. The molecule has 1 atom stereocenters. The predicted octanol–water partition coefficient (Wildman–Crippen LogP) is 0.744. The van der Waals surface area contributed by atoms with Crippen molar-refractivity contribution < 1.29 is 4.79 Å². The summed E-state index contributed by atoms with van der Waals surface area (Å²) >= 11 is 0. The Balaban J connectivity index is 3.25. The van der Waals surface area contributed by atoms with E-state index in [0.717, 1.165) is 13.0 Å². The third-order valence-corrected chi connectivity index (χ3v) is 1.83. The van der Waals surface area contributed by atoms with Crippen LogP contribution in [-0.4, -0.2) is 19.0 Å². The molecule has 0 aliphatic rings. The highest BCUT2D eigenvalue weighted by Crippen LogP contribution is 1.97. The monoisotopic (exact) mass is 172 g/mol. The summed E-state index contributed by atoms with van der Waals surface area (Å²) in [5.74, 6) is 0.422. The third kappa shape index (κ3) is 6.16. The van der Waals surface area contributed by atoms with Gasteiger partial charge in [0.25, 0.3) is 0 Å². The van der Waals surface area contributed by atoms with Crippen molar-refractivity contribution in [1.29, 1.82) is 0 Å². The summed E-state index contributed by atoms with van der Waals surface area (Å²) in [7, 11) is 0. The first-order valence-electron chi connectivity index (χ1n) is 4.54. The van der Waals surface area contributed by atoms with Crippen LogP contribution in [-0.2, 0) is 4.79 Å². The maximum Gasteiger partial charge on any atom is 0.221 e. The summed E-state index contributed by atoms with van der Waals surface area (Å²) < 4.78 is 0. The van der Waals surface area contributed by atoms with Crippen LogP contribution in [0.1, 0.15) is 27.2 Å². The molecule has 1 unspecified atom stereocenters. The quantitative estimate of drug-likeness (QED) is 0.581. The van der Waals surface area contributed by atoms with Crippen molar-refractivity contribution in [3.8, 4) is 0 Å². The standard InChI is InChI=1S/C9H20N2O/c1-7(2)4-5-11-6-8(3)9(10)12/h7-8,11H,4-6H2,1-3H3,(H2,10,12). The van der Waals surface area contributed by atoms with Gasteiger partial charge in [0, 0.05) is 12.5 Å². The van der Waals surface area contributed by atoms with Gasteiger partial charge in [-0.2, -0.15) is 0 Å². The zero-order valence-corrected chi connectivity index (χ0v) is 8.26. The molecule has 0 bridgehead atoms. The van der Waals surface area contributed by atoms with E-state index < -0.39 is 0 Å². The number of nitrogens with two attached hydrogens (primary N) is 1. The number of carbonyl (C=O) groups excluding carboxylic acids is 1. The molecule has 12 heavy (non-hydrogen) atoms. The molecule has 3 nitrogen and oxygen atoms in total.